The second kappa shape index (κ2) is 9.74. The van der Waals surface area contributed by atoms with E-state index in [-0.39, 0.29) is 22.6 Å². The maximum Gasteiger partial charge on any atom is 0.244 e. The van der Waals surface area contributed by atoms with E-state index < -0.39 is 15.3 Å². The molecule has 7 rings (SSSR count). The fraction of sp³-hybridized carbons (Fsp3) is 0.645. The van der Waals surface area contributed by atoms with E-state index in [1.807, 2.05) is 17.9 Å². The standard InChI is InChI=1S/C31H41N5O4S/c1-20(2)35-12-10-30(11-13-35)15-24(16-30)41(38,39)23-8-9-26(21(3)14-23)33-29-32-17-25-27(34-29)36(22-6-4-5-7-22)28(37)31(25)18-40-19-31/h8-9,14,17,20,22,24H,4-7,10-13,15-16,18-19H2,1-3H3,(H,32,33,34). The number of likely N-dealkylation sites (tertiary alicyclic amines) is 1. The maximum atomic E-state index is 13.5. The number of nitrogens with zero attached hydrogens (tertiary/aromatic N) is 4. The summed E-state index contributed by atoms with van der Waals surface area (Å²) in [4.78, 5) is 27.7. The second-order valence-electron chi connectivity index (χ2n) is 13.4. The molecule has 0 atom stereocenters. The monoisotopic (exact) mass is 579 g/mol. The van der Waals surface area contributed by atoms with E-state index in [1.54, 1.807) is 18.3 Å². The molecule has 1 aromatic heterocycles. The van der Waals surface area contributed by atoms with Gasteiger partial charge in [-0.25, -0.2) is 13.4 Å². The van der Waals surface area contributed by atoms with Gasteiger partial charge in [-0.3, -0.25) is 9.69 Å². The van der Waals surface area contributed by atoms with Crippen LogP contribution in [0.3, 0.4) is 0 Å². The van der Waals surface area contributed by atoms with Gasteiger partial charge in [-0.1, -0.05) is 12.8 Å². The molecule has 1 amide bonds. The average Bonchev–Trinajstić information content (AvgIpc) is 3.51. The molecule has 41 heavy (non-hydrogen) atoms. The molecule has 3 aliphatic heterocycles. The van der Waals surface area contributed by atoms with Gasteiger partial charge >= 0.3 is 0 Å². The van der Waals surface area contributed by atoms with Crippen molar-refractivity contribution < 1.29 is 17.9 Å². The lowest BCUT2D eigenvalue weighted by Crippen LogP contribution is -2.55. The Morgan fingerprint density at radius 2 is 1.80 bits per heavy atom. The highest BCUT2D eigenvalue weighted by atomic mass is 32.2. The topological polar surface area (TPSA) is 105 Å². The van der Waals surface area contributed by atoms with Crippen molar-refractivity contribution in [2.24, 2.45) is 5.41 Å². The molecule has 1 aromatic carbocycles. The molecular weight excluding hydrogens is 538 g/mol. The number of hydrogen-bond acceptors (Lipinski definition) is 8. The summed E-state index contributed by atoms with van der Waals surface area (Å²) in [5.74, 6) is 1.19. The third-order valence-corrected chi connectivity index (χ3v) is 12.8. The van der Waals surface area contributed by atoms with Crippen molar-refractivity contribution in [3.63, 3.8) is 0 Å². The van der Waals surface area contributed by atoms with Crippen LogP contribution in [-0.2, 0) is 24.8 Å². The van der Waals surface area contributed by atoms with E-state index in [2.05, 4.69) is 29.0 Å². The number of carbonyl (C=O) groups excluding carboxylic acids is 1. The number of nitrogens with one attached hydrogen (secondary N) is 1. The number of hydrogen-bond donors (Lipinski definition) is 1. The van der Waals surface area contributed by atoms with Gasteiger partial charge < -0.3 is 15.0 Å². The van der Waals surface area contributed by atoms with Gasteiger partial charge in [0.2, 0.25) is 11.9 Å². The van der Waals surface area contributed by atoms with Crippen LogP contribution in [0.15, 0.2) is 29.3 Å². The summed E-state index contributed by atoms with van der Waals surface area (Å²) < 4.78 is 32.6. The van der Waals surface area contributed by atoms with Crippen LogP contribution >= 0.6 is 0 Å². The van der Waals surface area contributed by atoms with Crippen LogP contribution in [-0.4, -0.2) is 72.8 Å². The first-order chi connectivity index (χ1) is 19.6. The molecule has 10 heteroatoms. The summed E-state index contributed by atoms with van der Waals surface area (Å²) >= 11 is 0. The quantitative estimate of drug-likeness (QED) is 0.533. The summed E-state index contributed by atoms with van der Waals surface area (Å²) in [5, 5.41) is 3.00. The van der Waals surface area contributed by atoms with Gasteiger partial charge in [-0.05, 0) is 102 Å². The van der Waals surface area contributed by atoms with Gasteiger partial charge in [0.05, 0.1) is 23.4 Å². The Kier molecular flexibility index (Phi) is 6.48. The molecule has 2 spiro atoms. The fourth-order valence-electron chi connectivity index (χ4n) is 7.80. The van der Waals surface area contributed by atoms with E-state index in [0.29, 0.717) is 35.9 Å². The van der Waals surface area contributed by atoms with Crippen LogP contribution < -0.4 is 10.2 Å². The lowest BCUT2D eigenvalue weighted by Gasteiger charge is -2.52. The van der Waals surface area contributed by atoms with E-state index >= 15 is 0 Å². The number of anilines is 3. The first-order valence-electron chi connectivity index (χ1n) is 15.3. The zero-order valence-corrected chi connectivity index (χ0v) is 25.2. The molecule has 2 saturated heterocycles. The van der Waals surface area contributed by atoms with Crippen molar-refractivity contribution in [3.8, 4) is 0 Å². The van der Waals surface area contributed by atoms with Gasteiger partial charge in [-0.2, -0.15) is 4.98 Å². The van der Waals surface area contributed by atoms with Gasteiger partial charge in [0.1, 0.15) is 11.2 Å². The normalized spacial score (nSPS) is 24.2. The lowest BCUT2D eigenvalue weighted by molar-refractivity contribution is -0.140. The number of aryl methyl sites for hydroxylation is 1. The predicted octanol–water partition coefficient (Wildman–Crippen LogP) is 4.51. The van der Waals surface area contributed by atoms with Crippen LogP contribution in [0.5, 0.6) is 0 Å². The Morgan fingerprint density at radius 3 is 2.41 bits per heavy atom. The Bertz CT molecular complexity index is 1470. The molecule has 5 aliphatic rings. The number of carbonyl (C=O) groups is 1. The third kappa shape index (κ3) is 4.31. The Labute approximate surface area is 243 Å². The molecule has 0 bridgehead atoms. The number of piperidine rings is 1. The summed E-state index contributed by atoms with van der Waals surface area (Å²) in [6, 6.07) is 6.01. The van der Waals surface area contributed by atoms with Crippen LogP contribution in [0, 0.1) is 12.3 Å². The third-order valence-electron chi connectivity index (χ3n) is 10.6. The second-order valence-corrected chi connectivity index (χ2v) is 15.7. The molecule has 4 fully saturated rings. The smallest absolute Gasteiger partial charge is 0.244 e. The lowest BCUT2D eigenvalue weighted by atomic mass is 9.63. The van der Waals surface area contributed by atoms with Crippen molar-refractivity contribution in [2.45, 2.75) is 99.8 Å². The molecule has 9 nitrogen and oxygen atoms in total. The zero-order valence-electron chi connectivity index (χ0n) is 24.4. The van der Waals surface area contributed by atoms with Gasteiger partial charge in [-0.15, -0.1) is 0 Å². The molecule has 1 N–H and O–H groups in total. The molecule has 2 saturated carbocycles. The minimum atomic E-state index is -3.39. The summed E-state index contributed by atoms with van der Waals surface area (Å²) in [5.41, 5.74) is 1.99. The number of aromatic nitrogens is 2. The van der Waals surface area contributed by atoms with Crippen LogP contribution in [0.1, 0.15) is 76.3 Å². The van der Waals surface area contributed by atoms with Gasteiger partial charge in [0.15, 0.2) is 9.84 Å². The number of fused-ring (bicyclic) bond motifs is 2. The number of ether oxygens (including phenoxy) is 1. The SMILES string of the molecule is Cc1cc(S(=O)(=O)C2CC3(CCN(C(C)C)CC3)C2)ccc1Nc1ncc2c(n1)N(C1CCCC1)C(=O)C21COC1. The molecule has 0 unspecified atom stereocenters. The number of rotatable bonds is 6. The van der Waals surface area contributed by atoms with Crippen LogP contribution in [0.25, 0.3) is 0 Å². The molecule has 2 aromatic rings. The van der Waals surface area contributed by atoms with Gasteiger partial charge in [0.25, 0.3) is 0 Å². The van der Waals surface area contributed by atoms with Crippen molar-refractivity contribution in [3.05, 3.63) is 35.5 Å². The highest BCUT2D eigenvalue weighted by Gasteiger charge is 2.58. The summed E-state index contributed by atoms with van der Waals surface area (Å²) in [7, 11) is -3.39. The predicted molar refractivity (Wildman–Crippen MR) is 157 cm³/mol. The van der Waals surface area contributed by atoms with E-state index in [1.165, 1.54) is 0 Å². The number of benzene rings is 1. The first kappa shape index (κ1) is 27.3. The maximum absolute atomic E-state index is 13.5. The minimum absolute atomic E-state index is 0.0890. The first-order valence-corrected chi connectivity index (χ1v) is 16.8. The highest BCUT2D eigenvalue weighted by Crippen LogP contribution is 2.53. The van der Waals surface area contributed by atoms with Crippen LogP contribution in [0.2, 0.25) is 0 Å². The van der Waals surface area contributed by atoms with Crippen molar-refractivity contribution in [1.82, 2.24) is 14.9 Å². The van der Waals surface area contributed by atoms with E-state index in [4.69, 9.17) is 9.72 Å². The van der Waals surface area contributed by atoms with Crippen molar-refractivity contribution in [2.75, 3.05) is 36.5 Å². The molecule has 220 valence electrons. The van der Waals surface area contributed by atoms with E-state index in [9.17, 15) is 13.2 Å². The molecular formula is C31H41N5O4S. The number of sulfone groups is 1. The van der Waals surface area contributed by atoms with E-state index in [0.717, 1.165) is 81.3 Å². The molecule has 2 aliphatic carbocycles. The average molecular weight is 580 g/mol. The van der Waals surface area contributed by atoms with Crippen molar-refractivity contribution >= 4 is 33.2 Å². The van der Waals surface area contributed by atoms with Crippen LogP contribution in [0.4, 0.5) is 17.5 Å². The Balaban J connectivity index is 1.07. The van der Waals surface area contributed by atoms with Gasteiger partial charge in [0, 0.05) is 29.5 Å². The minimum Gasteiger partial charge on any atom is -0.378 e. The molecule has 0 radical (unpaired) electrons. The Morgan fingerprint density at radius 1 is 1.10 bits per heavy atom. The highest BCUT2D eigenvalue weighted by molar-refractivity contribution is 7.92. The zero-order chi connectivity index (χ0) is 28.6. The fourth-order valence-corrected chi connectivity index (χ4v) is 9.93. The molecule has 4 heterocycles. The number of amides is 1. The van der Waals surface area contributed by atoms with Crippen molar-refractivity contribution in [1.29, 1.82) is 0 Å². The summed E-state index contributed by atoms with van der Waals surface area (Å²) in [6.45, 7) is 9.27. The largest absolute Gasteiger partial charge is 0.378 e. The Hall–Kier alpha value is -2.56. The summed E-state index contributed by atoms with van der Waals surface area (Å²) in [6.07, 6.45) is 9.72.